The number of methoxy groups -OCH3 is 2. The van der Waals surface area contributed by atoms with Crippen LogP contribution in [0.1, 0.15) is 103 Å². The molecule has 4 N–H and O–H groups in total. The van der Waals surface area contributed by atoms with E-state index in [2.05, 4.69) is 55.3 Å². The lowest BCUT2D eigenvalue weighted by Gasteiger charge is -2.22. The molecule has 11 nitrogen and oxygen atoms in total. The number of aromatic nitrogens is 2. The van der Waals surface area contributed by atoms with Crippen molar-refractivity contribution in [1.29, 1.82) is 0 Å². The fraction of sp³-hybridized carbons (Fsp3) is 0.500. The number of carbonyl (C=O) groups excluding carboxylic acids is 3. The summed E-state index contributed by atoms with van der Waals surface area (Å²) in [5, 5.41) is 7.03. The molecular formula is C46H62N6O5S2. The Hall–Kier alpha value is -4.62. The van der Waals surface area contributed by atoms with Crippen LogP contribution in [0, 0.1) is 18.8 Å². The van der Waals surface area contributed by atoms with Gasteiger partial charge in [0.2, 0.25) is 17.7 Å². The number of amides is 3. The van der Waals surface area contributed by atoms with Crippen LogP contribution < -0.4 is 25.2 Å². The van der Waals surface area contributed by atoms with Crippen molar-refractivity contribution >= 4 is 57.6 Å². The summed E-state index contributed by atoms with van der Waals surface area (Å²) in [5.41, 5.74) is 9.99. The van der Waals surface area contributed by atoms with Crippen LogP contribution in [0.3, 0.4) is 0 Å². The summed E-state index contributed by atoms with van der Waals surface area (Å²) in [7, 11) is 3.35. The number of carbonyl (C=O) groups is 3. The summed E-state index contributed by atoms with van der Waals surface area (Å²) in [6.45, 7) is 11.5. The zero-order valence-corrected chi connectivity index (χ0v) is 37.3. The number of unbranched alkanes of at least 4 members (excludes halogenated alkanes) is 3. The zero-order chi connectivity index (χ0) is 42.5. The highest BCUT2D eigenvalue weighted by atomic mass is 32.2. The minimum Gasteiger partial charge on any atom is -0.496 e. The number of anilines is 1. The normalized spacial score (nSPS) is 18.7. The Bertz CT molecular complexity index is 2050. The number of thiazole rings is 1. The maximum atomic E-state index is 12.0. The molecule has 4 aromatic rings. The van der Waals surface area contributed by atoms with Crippen LogP contribution >= 0.6 is 23.3 Å². The van der Waals surface area contributed by atoms with Gasteiger partial charge < -0.3 is 25.4 Å². The molecule has 3 heterocycles. The first-order valence-electron chi connectivity index (χ1n) is 20.9. The Balaban J connectivity index is 0.000000170. The molecule has 3 aliphatic rings. The number of fused-ring (bicyclic) bond motifs is 1. The van der Waals surface area contributed by atoms with E-state index in [1.54, 1.807) is 42.4 Å². The van der Waals surface area contributed by atoms with Gasteiger partial charge in [0.1, 0.15) is 28.2 Å². The standard InChI is InChI=1S/C18H20N2O2S.C15H25NOS.C13H17N3O2/c1-10(2)14-9-23-18(20-14)13-8-16(22-5)12-6-7-15(21-4)11(3)17(12)19-13;1-3-4-5-6-7-8-12-11-13(12)14(17)16-18-15(2)9-10-15;14-13(18)11-7-4-8-16(11)12(17)9-15-10-5-2-1-3-6-10/h6-10H,1-5H3;7-8,12-13H,3-6,9-11H2,1-2H3,(H,16,17);1-3,5-6,11,15H,4,7-9H2,(H2,14,18)/b;8-7-;/t;12-,13+;11-/m.10/s1. The van der Waals surface area contributed by atoms with Crippen molar-refractivity contribution in [2.75, 3.05) is 32.6 Å². The molecule has 2 aromatic carbocycles. The van der Waals surface area contributed by atoms with Crippen LogP contribution in [0.2, 0.25) is 0 Å². The molecular weight excluding hydrogens is 781 g/mol. The highest BCUT2D eigenvalue weighted by Crippen LogP contribution is 2.47. The summed E-state index contributed by atoms with van der Waals surface area (Å²) in [6, 6.07) is 14.9. The number of rotatable bonds is 16. The predicted molar refractivity (Wildman–Crippen MR) is 242 cm³/mol. The number of benzene rings is 2. The number of primary amides is 1. The molecule has 59 heavy (non-hydrogen) atoms. The lowest BCUT2D eigenvalue weighted by molar-refractivity contribution is -0.135. The minimum atomic E-state index is -0.435. The number of ether oxygens (including phenoxy) is 2. The largest absolute Gasteiger partial charge is 0.496 e. The predicted octanol–water partition coefficient (Wildman–Crippen LogP) is 9.46. The summed E-state index contributed by atoms with van der Waals surface area (Å²) < 4.78 is 14.4. The maximum absolute atomic E-state index is 12.0. The van der Waals surface area contributed by atoms with Crippen LogP contribution in [-0.4, -0.2) is 70.7 Å². The van der Waals surface area contributed by atoms with Crippen molar-refractivity contribution in [3.63, 3.8) is 0 Å². The Labute approximate surface area is 358 Å². The summed E-state index contributed by atoms with van der Waals surface area (Å²) in [5.74, 6) is 2.55. The number of pyridine rings is 1. The second kappa shape index (κ2) is 21.6. The molecule has 0 bridgehead atoms. The number of allylic oxidation sites excluding steroid dienone is 2. The van der Waals surface area contributed by atoms with Crippen LogP contribution in [0.4, 0.5) is 5.69 Å². The molecule has 3 fully saturated rings. The fourth-order valence-corrected chi connectivity index (χ4v) is 8.53. The molecule has 7 rings (SSSR count). The number of para-hydroxylation sites is 1. The van der Waals surface area contributed by atoms with E-state index in [1.807, 2.05) is 55.5 Å². The van der Waals surface area contributed by atoms with E-state index in [0.717, 1.165) is 62.9 Å². The van der Waals surface area contributed by atoms with E-state index in [4.69, 9.17) is 25.2 Å². The minimum absolute atomic E-state index is 0.0832. The highest BCUT2D eigenvalue weighted by molar-refractivity contribution is 7.99. The van der Waals surface area contributed by atoms with Crippen molar-refractivity contribution in [1.82, 2.24) is 19.6 Å². The van der Waals surface area contributed by atoms with Gasteiger partial charge in [-0.15, -0.1) is 11.3 Å². The van der Waals surface area contributed by atoms with Crippen molar-refractivity contribution < 1.29 is 23.9 Å². The van der Waals surface area contributed by atoms with Gasteiger partial charge in [-0.25, -0.2) is 9.97 Å². The summed E-state index contributed by atoms with van der Waals surface area (Å²) in [4.78, 5) is 46.1. The van der Waals surface area contributed by atoms with Crippen LogP contribution in [-0.2, 0) is 14.4 Å². The second-order valence-corrected chi connectivity index (χ2v) is 18.3. The summed E-state index contributed by atoms with van der Waals surface area (Å²) in [6.07, 6.45) is 14.6. The number of nitrogens with two attached hydrogens (primary N) is 1. The van der Waals surface area contributed by atoms with Gasteiger partial charge in [0.25, 0.3) is 0 Å². The quantitative estimate of drug-likeness (QED) is 0.0570. The third-order valence-corrected chi connectivity index (χ3v) is 13.0. The van der Waals surface area contributed by atoms with Gasteiger partial charge >= 0.3 is 0 Å². The summed E-state index contributed by atoms with van der Waals surface area (Å²) >= 11 is 3.25. The molecule has 2 aromatic heterocycles. The molecule has 0 unspecified atom stereocenters. The monoisotopic (exact) mass is 842 g/mol. The molecule has 0 spiro atoms. The Kier molecular flexibility index (Phi) is 16.6. The van der Waals surface area contributed by atoms with Gasteiger partial charge in [0.15, 0.2) is 0 Å². The SMILES string of the molecule is CCCCC/C=C\[C@@H]1C[C@@H]1C(=O)NSC1(C)CC1.COc1ccc2c(OC)cc(-c3nc(C(C)C)cs3)nc2c1C.NC(=O)[C@@H]1CCCN1C(=O)CNc1ccccc1. The van der Waals surface area contributed by atoms with E-state index >= 15 is 0 Å². The molecule has 3 atom stereocenters. The molecule has 1 saturated heterocycles. The average Bonchev–Trinajstić information content (AvgIpc) is 4.02. The van der Waals surface area contributed by atoms with Gasteiger partial charge in [-0.3, -0.25) is 19.1 Å². The van der Waals surface area contributed by atoms with E-state index < -0.39 is 11.9 Å². The maximum Gasteiger partial charge on any atom is 0.242 e. The Morgan fingerprint density at radius 1 is 1.07 bits per heavy atom. The van der Waals surface area contributed by atoms with Crippen LogP contribution in [0.25, 0.3) is 21.6 Å². The van der Waals surface area contributed by atoms with Gasteiger partial charge in [0.05, 0.1) is 32.0 Å². The van der Waals surface area contributed by atoms with Crippen molar-refractivity contribution in [2.24, 2.45) is 17.6 Å². The molecule has 0 radical (unpaired) electrons. The van der Waals surface area contributed by atoms with Crippen molar-refractivity contribution in [3.8, 4) is 22.2 Å². The number of hydrogen-bond acceptors (Lipinski definition) is 10. The molecule has 2 aliphatic carbocycles. The first-order valence-corrected chi connectivity index (χ1v) is 22.6. The van der Waals surface area contributed by atoms with E-state index in [9.17, 15) is 14.4 Å². The molecule has 3 amide bonds. The molecule has 1 aliphatic heterocycles. The Morgan fingerprint density at radius 3 is 2.46 bits per heavy atom. The van der Waals surface area contributed by atoms with E-state index in [0.29, 0.717) is 29.5 Å². The highest BCUT2D eigenvalue weighted by Gasteiger charge is 2.44. The topological polar surface area (TPSA) is 149 Å². The van der Waals surface area contributed by atoms with Gasteiger partial charge in [-0.05, 0) is 107 Å². The van der Waals surface area contributed by atoms with E-state index in [-0.39, 0.29) is 24.3 Å². The first-order chi connectivity index (χ1) is 28.4. The van der Waals surface area contributed by atoms with Crippen LogP contribution in [0.5, 0.6) is 11.5 Å². The lowest BCUT2D eigenvalue weighted by atomic mass is 10.1. The molecule has 13 heteroatoms. The van der Waals surface area contributed by atoms with Gasteiger partial charge in [-0.2, -0.15) is 0 Å². The van der Waals surface area contributed by atoms with E-state index in [1.165, 1.54) is 38.5 Å². The fourth-order valence-electron chi connectivity index (χ4n) is 6.78. The third-order valence-electron chi connectivity index (χ3n) is 10.9. The molecule has 2 saturated carbocycles. The lowest BCUT2D eigenvalue weighted by Crippen LogP contribution is -2.45. The number of hydrogen-bond donors (Lipinski definition) is 3. The molecule has 318 valence electrons. The average molecular weight is 843 g/mol. The van der Waals surface area contributed by atoms with Crippen LogP contribution in [0.15, 0.2) is 66.1 Å². The number of aryl methyl sites for hydroxylation is 1. The van der Waals surface area contributed by atoms with Crippen molar-refractivity contribution in [2.45, 2.75) is 109 Å². The zero-order valence-electron chi connectivity index (χ0n) is 35.7. The first kappa shape index (κ1) is 45.5. The number of nitrogens with zero attached hydrogens (tertiary/aromatic N) is 3. The Morgan fingerprint density at radius 2 is 1.81 bits per heavy atom. The third kappa shape index (κ3) is 12.9. The smallest absolute Gasteiger partial charge is 0.242 e. The number of likely N-dealkylation sites (tertiary alicyclic amines) is 1. The number of nitrogens with one attached hydrogen (secondary N) is 2. The van der Waals surface area contributed by atoms with Crippen molar-refractivity contribution in [3.05, 3.63) is 77.3 Å². The van der Waals surface area contributed by atoms with Gasteiger partial charge in [0, 0.05) is 45.3 Å². The second-order valence-electron chi connectivity index (χ2n) is 16.0. The van der Waals surface area contributed by atoms with Gasteiger partial charge in [-0.1, -0.05) is 64.0 Å².